The van der Waals surface area contributed by atoms with Crippen LogP contribution in [0, 0.1) is 5.92 Å². The van der Waals surface area contributed by atoms with E-state index in [1.54, 1.807) is 0 Å². The molecular formula is C11H21NO2S. The Labute approximate surface area is 96.2 Å². The van der Waals surface area contributed by atoms with Crippen molar-refractivity contribution < 1.29 is 9.90 Å². The lowest BCUT2D eigenvalue weighted by atomic mass is 10.3. The molecule has 1 aliphatic rings. The third-order valence-electron chi connectivity index (χ3n) is 2.64. The van der Waals surface area contributed by atoms with Gasteiger partial charge in [-0.25, -0.2) is 0 Å². The predicted octanol–water partition coefficient (Wildman–Crippen LogP) is 1.93. The Morgan fingerprint density at radius 1 is 1.47 bits per heavy atom. The first-order chi connectivity index (χ1) is 7.22. The number of unbranched alkanes of at least 4 members (excludes halogenated alkanes) is 1. The number of carbonyl (C=O) groups is 1. The number of carboxylic acid groups (broad SMARTS) is 1. The maximum atomic E-state index is 10.7. The molecule has 0 spiro atoms. The zero-order chi connectivity index (χ0) is 11.1. The molecule has 1 fully saturated rings. The summed E-state index contributed by atoms with van der Waals surface area (Å²) in [5.74, 6) is 1.27. The molecule has 15 heavy (non-hydrogen) atoms. The summed E-state index contributed by atoms with van der Waals surface area (Å²) in [6.45, 7) is 2.16. The lowest BCUT2D eigenvalue weighted by molar-refractivity contribution is -0.138. The molecule has 0 amide bonds. The zero-order valence-electron chi connectivity index (χ0n) is 9.45. The molecule has 88 valence electrons. The molecular weight excluding hydrogens is 210 g/mol. The van der Waals surface area contributed by atoms with Gasteiger partial charge in [0, 0.05) is 6.54 Å². The standard InChI is InChI=1S/C11H21NO2S/c1-15-7-3-2-6-12(9-11(13)14)8-10-4-5-10/h10H,2-9H2,1H3,(H,13,14). The lowest BCUT2D eigenvalue weighted by Gasteiger charge is -2.19. The summed E-state index contributed by atoms with van der Waals surface area (Å²) in [6, 6.07) is 0. The topological polar surface area (TPSA) is 40.5 Å². The highest BCUT2D eigenvalue weighted by Gasteiger charge is 2.24. The molecule has 0 atom stereocenters. The van der Waals surface area contributed by atoms with E-state index in [1.807, 2.05) is 11.8 Å². The third kappa shape index (κ3) is 6.79. The van der Waals surface area contributed by atoms with E-state index >= 15 is 0 Å². The minimum Gasteiger partial charge on any atom is -0.480 e. The van der Waals surface area contributed by atoms with Crippen LogP contribution in [0.3, 0.4) is 0 Å². The molecule has 0 aromatic heterocycles. The quantitative estimate of drug-likeness (QED) is 0.616. The van der Waals surface area contributed by atoms with Gasteiger partial charge in [-0.1, -0.05) is 0 Å². The van der Waals surface area contributed by atoms with Gasteiger partial charge in [-0.15, -0.1) is 0 Å². The Bertz CT molecular complexity index is 195. The van der Waals surface area contributed by atoms with Gasteiger partial charge in [0.25, 0.3) is 0 Å². The van der Waals surface area contributed by atoms with Gasteiger partial charge < -0.3 is 5.11 Å². The van der Waals surface area contributed by atoms with Crippen LogP contribution < -0.4 is 0 Å². The number of rotatable bonds is 9. The first-order valence-corrected chi connectivity index (χ1v) is 7.05. The summed E-state index contributed by atoms with van der Waals surface area (Å²) in [4.78, 5) is 12.8. The average molecular weight is 231 g/mol. The molecule has 0 heterocycles. The summed E-state index contributed by atoms with van der Waals surface area (Å²) in [5.41, 5.74) is 0. The Hall–Kier alpha value is -0.220. The highest BCUT2D eigenvalue weighted by molar-refractivity contribution is 7.98. The van der Waals surface area contributed by atoms with Crippen LogP contribution in [0.1, 0.15) is 25.7 Å². The second kappa shape index (κ2) is 7.12. The van der Waals surface area contributed by atoms with Crippen molar-refractivity contribution in [3.05, 3.63) is 0 Å². The van der Waals surface area contributed by atoms with Crippen molar-refractivity contribution in [2.45, 2.75) is 25.7 Å². The summed E-state index contributed by atoms with van der Waals surface area (Å²) < 4.78 is 0. The molecule has 0 aromatic carbocycles. The van der Waals surface area contributed by atoms with Crippen LogP contribution in [0.15, 0.2) is 0 Å². The van der Waals surface area contributed by atoms with Gasteiger partial charge in [0.15, 0.2) is 0 Å². The Morgan fingerprint density at radius 2 is 2.20 bits per heavy atom. The van der Waals surface area contributed by atoms with E-state index in [1.165, 1.54) is 25.0 Å². The number of thioether (sulfide) groups is 1. The van der Waals surface area contributed by atoms with Crippen LogP contribution in [0.2, 0.25) is 0 Å². The van der Waals surface area contributed by atoms with E-state index < -0.39 is 5.97 Å². The first kappa shape index (κ1) is 12.8. The Kier molecular flexibility index (Phi) is 6.10. The number of carboxylic acids is 1. The van der Waals surface area contributed by atoms with Crippen molar-refractivity contribution >= 4 is 17.7 Å². The molecule has 0 unspecified atom stereocenters. The second-order valence-corrected chi connectivity index (χ2v) is 5.26. The van der Waals surface area contributed by atoms with Gasteiger partial charge in [0.05, 0.1) is 6.54 Å². The number of aliphatic carboxylic acids is 1. The van der Waals surface area contributed by atoms with E-state index in [0.29, 0.717) is 0 Å². The van der Waals surface area contributed by atoms with Crippen molar-refractivity contribution in [1.82, 2.24) is 4.90 Å². The molecule has 0 saturated heterocycles. The van der Waals surface area contributed by atoms with Gasteiger partial charge in [-0.3, -0.25) is 9.69 Å². The van der Waals surface area contributed by atoms with Crippen molar-refractivity contribution in [3.8, 4) is 0 Å². The Balaban J connectivity index is 2.12. The largest absolute Gasteiger partial charge is 0.480 e. The molecule has 1 N–H and O–H groups in total. The molecule has 1 saturated carbocycles. The van der Waals surface area contributed by atoms with Crippen LogP contribution in [-0.4, -0.2) is 47.6 Å². The minimum atomic E-state index is -0.694. The van der Waals surface area contributed by atoms with Crippen molar-refractivity contribution in [2.24, 2.45) is 5.92 Å². The van der Waals surface area contributed by atoms with Crippen LogP contribution in [0.5, 0.6) is 0 Å². The van der Waals surface area contributed by atoms with Crippen molar-refractivity contribution in [1.29, 1.82) is 0 Å². The van der Waals surface area contributed by atoms with Crippen LogP contribution in [-0.2, 0) is 4.79 Å². The average Bonchev–Trinajstić information content (AvgIpc) is 2.95. The van der Waals surface area contributed by atoms with Crippen LogP contribution in [0.4, 0.5) is 0 Å². The third-order valence-corrected chi connectivity index (χ3v) is 3.34. The first-order valence-electron chi connectivity index (χ1n) is 5.65. The fraction of sp³-hybridized carbons (Fsp3) is 0.909. The van der Waals surface area contributed by atoms with Crippen LogP contribution in [0.25, 0.3) is 0 Å². The molecule has 0 aromatic rings. The maximum Gasteiger partial charge on any atom is 0.317 e. The predicted molar refractivity (Wildman–Crippen MR) is 64.4 cm³/mol. The summed E-state index contributed by atoms with van der Waals surface area (Å²) in [5, 5.41) is 8.77. The van der Waals surface area contributed by atoms with Crippen molar-refractivity contribution in [2.75, 3.05) is 31.6 Å². The maximum absolute atomic E-state index is 10.7. The van der Waals surface area contributed by atoms with Gasteiger partial charge in [-0.2, -0.15) is 11.8 Å². The van der Waals surface area contributed by atoms with Crippen LogP contribution >= 0.6 is 11.8 Å². The monoisotopic (exact) mass is 231 g/mol. The Morgan fingerprint density at radius 3 is 2.73 bits per heavy atom. The van der Waals surface area contributed by atoms with Crippen molar-refractivity contribution in [3.63, 3.8) is 0 Å². The molecule has 0 radical (unpaired) electrons. The molecule has 3 nitrogen and oxygen atoms in total. The summed E-state index contributed by atoms with van der Waals surface area (Å²) in [7, 11) is 0. The number of hydrogen-bond donors (Lipinski definition) is 1. The fourth-order valence-corrected chi connectivity index (χ4v) is 2.17. The van der Waals surface area contributed by atoms with Gasteiger partial charge in [-0.05, 0) is 50.2 Å². The fourth-order valence-electron chi connectivity index (χ4n) is 1.67. The smallest absolute Gasteiger partial charge is 0.317 e. The van der Waals surface area contributed by atoms with E-state index in [9.17, 15) is 4.79 Å². The second-order valence-electron chi connectivity index (χ2n) is 4.27. The molecule has 1 aliphatic carbocycles. The zero-order valence-corrected chi connectivity index (χ0v) is 10.3. The minimum absolute atomic E-state index is 0.218. The molecule has 0 bridgehead atoms. The van der Waals surface area contributed by atoms with E-state index in [2.05, 4.69) is 11.2 Å². The highest BCUT2D eigenvalue weighted by Crippen LogP contribution is 2.29. The number of nitrogens with zero attached hydrogens (tertiary/aromatic N) is 1. The highest BCUT2D eigenvalue weighted by atomic mass is 32.2. The number of hydrogen-bond acceptors (Lipinski definition) is 3. The lowest BCUT2D eigenvalue weighted by Crippen LogP contribution is -2.32. The van der Waals surface area contributed by atoms with E-state index in [0.717, 1.165) is 25.4 Å². The molecule has 0 aliphatic heterocycles. The molecule has 1 rings (SSSR count). The summed E-state index contributed by atoms with van der Waals surface area (Å²) in [6.07, 6.45) is 7.02. The van der Waals surface area contributed by atoms with Gasteiger partial charge >= 0.3 is 5.97 Å². The van der Waals surface area contributed by atoms with Gasteiger partial charge in [0.2, 0.25) is 0 Å². The molecule has 4 heteroatoms. The summed E-state index contributed by atoms with van der Waals surface area (Å²) >= 11 is 1.86. The van der Waals surface area contributed by atoms with Gasteiger partial charge in [0.1, 0.15) is 0 Å². The van der Waals surface area contributed by atoms with E-state index in [4.69, 9.17) is 5.11 Å². The SMILES string of the molecule is CSCCCCN(CC(=O)O)CC1CC1. The normalized spacial score (nSPS) is 15.9. The van der Waals surface area contributed by atoms with E-state index in [-0.39, 0.29) is 6.54 Å².